The molecular weight excluding hydrogens is 326 g/mol. The van der Waals surface area contributed by atoms with E-state index in [1.54, 1.807) is 0 Å². The molecular formula is C21H25N3O2. The lowest BCUT2D eigenvalue weighted by Gasteiger charge is -2.35. The van der Waals surface area contributed by atoms with Crippen molar-refractivity contribution >= 4 is 16.8 Å². The third-order valence-corrected chi connectivity index (χ3v) is 6.02. The van der Waals surface area contributed by atoms with Gasteiger partial charge in [0.25, 0.3) is 5.91 Å². The van der Waals surface area contributed by atoms with E-state index >= 15 is 0 Å². The van der Waals surface area contributed by atoms with Crippen LogP contribution in [0.25, 0.3) is 10.9 Å². The lowest BCUT2D eigenvalue weighted by atomic mass is 10.1. The van der Waals surface area contributed by atoms with Gasteiger partial charge >= 0.3 is 0 Å². The van der Waals surface area contributed by atoms with Gasteiger partial charge < -0.3 is 10.1 Å². The standard InChI is InChI=1S/C21H25N3O2/c1-13-8-18(17-4-2-3-5-19(17)22-13)21(25)23-15-9-16-12-26-20(14-6-7-14)11-24(16)10-15/h2-5,8,14-16,20H,6-7,9-12H2,1H3,(H,23,25)/t15-,16-,20+/m0/s1. The quantitative estimate of drug-likeness (QED) is 0.923. The van der Waals surface area contributed by atoms with Gasteiger partial charge in [0.2, 0.25) is 0 Å². The Morgan fingerprint density at radius 2 is 2.12 bits per heavy atom. The van der Waals surface area contributed by atoms with Crippen LogP contribution in [-0.4, -0.2) is 53.7 Å². The molecule has 0 radical (unpaired) electrons. The Balaban J connectivity index is 1.31. The zero-order valence-electron chi connectivity index (χ0n) is 15.1. The predicted octanol–water partition coefficient (Wildman–Crippen LogP) is 2.52. The van der Waals surface area contributed by atoms with Crippen LogP contribution in [-0.2, 0) is 4.74 Å². The molecule has 3 atom stereocenters. The Hall–Kier alpha value is -1.98. The van der Waals surface area contributed by atoms with E-state index in [2.05, 4.69) is 15.2 Å². The van der Waals surface area contributed by atoms with Crippen LogP contribution in [0.2, 0.25) is 0 Å². The number of aromatic nitrogens is 1. The van der Waals surface area contributed by atoms with Gasteiger partial charge in [0.1, 0.15) is 0 Å². The van der Waals surface area contributed by atoms with Gasteiger partial charge in [-0.25, -0.2) is 0 Å². The smallest absolute Gasteiger partial charge is 0.252 e. The Kier molecular flexibility index (Phi) is 3.94. The summed E-state index contributed by atoms with van der Waals surface area (Å²) in [4.78, 5) is 20.0. The summed E-state index contributed by atoms with van der Waals surface area (Å²) in [5.41, 5.74) is 2.48. The molecule has 1 aliphatic carbocycles. The summed E-state index contributed by atoms with van der Waals surface area (Å²) < 4.78 is 6.06. The predicted molar refractivity (Wildman–Crippen MR) is 100 cm³/mol. The van der Waals surface area contributed by atoms with E-state index in [1.807, 2.05) is 37.3 Å². The molecule has 1 aromatic heterocycles. The first-order chi connectivity index (χ1) is 12.7. The molecule has 2 aliphatic heterocycles. The van der Waals surface area contributed by atoms with Crippen LogP contribution in [0.3, 0.4) is 0 Å². The van der Waals surface area contributed by atoms with Gasteiger partial charge in [-0.15, -0.1) is 0 Å². The summed E-state index contributed by atoms with van der Waals surface area (Å²) >= 11 is 0. The lowest BCUT2D eigenvalue weighted by Crippen LogP contribution is -2.47. The summed E-state index contributed by atoms with van der Waals surface area (Å²) in [6.45, 7) is 4.71. The number of hydrogen-bond donors (Lipinski definition) is 1. The first-order valence-corrected chi connectivity index (χ1v) is 9.70. The molecule has 1 saturated carbocycles. The molecule has 0 unspecified atom stereocenters. The number of carbonyl (C=O) groups is 1. The molecule has 1 N–H and O–H groups in total. The zero-order chi connectivity index (χ0) is 17.7. The number of pyridine rings is 1. The normalized spacial score (nSPS) is 28.9. The van der Waals surface area contributed by atoms with Crippen LogP contribution in [0.4, 0.5) is 0 Å². The lowest BCUT2D eigenvalue weighted by molar-refractivity contribution is -0.0581. The van der Waals surface area contributed by atoms with E-state index in [-0.39, 0.29) is 11.9 Å². The van der Waals surface area contributed by atoms with E-state index in [0.717, 1.165) is 54.2 Å². The molecule has 1 amide bonds. The van der Waals surface area contributed by atoms with Crippen molar-refractivity contribution in [3.63, 3.8) is 0 Å². The van der Waals surface area contributed by atoms with E-state index < -0.39 is 0 Å². The van der Waals surface area contributed by atoms with Gasteiger partial charge in [0, 0.05) is 36.3 Å². The van der Waals surface area contributed by atoms with Gasteiger partial charge in [-0.1, -0.05) is 18.2 Å². The van der Waals surface area contributed by atoms with Crippen LogP contribution in [0.1, 0.15) is 35.3 Å². The molecule has 2 aromatic rings. The highest BCUT2D eigenvalue weighted by Gasteiger charge is 2.42. The van der Waals surface area contributed by atoms with Crippen molar-refractivity contribution in [1.29, 1.82) is 0 Å². The molecule has 3 fully saturated rings. The molecule has 136 valence electrons. The topological polar surface area (TPSA) is 54.5 Å². The molecule has 2 saturated heterocycles. The Morgan fingerprint density at radius 1 is 1.27 bits per heavy atom. The second kappa shape index (κ2) is 6.32. The monoisotopic (exact) mass is 351 g/mol. The number of para-hydroxylation sites is 1. The second-order valence-electron chi connectivity index (χ2n) is 8.05. The second-order valence-corrected chi connectivity index (χ2v) is 8.05. The van der Waals surface area contributed by atoms with Crippen LogP contribution in [0.15, 0.2) is 30.3 Å². The first kappa shape index (κ1) is 16.2. The number of ether oxygens (including phenoxy) is 1. The summed E-state index contributed by atoms with van der Waals surface area (Å²) in [5.74, 6) is 0.784. The van der Waals surface area contributed by atoms with Crippen LogP contribution in [0, 0.1) is 12.8 Å². The average molecular weight is 351 g/mol. The summed E-state index contributed by atoms with van der Waals surface area (Å²) in [7, 11) is 0. The fraction of sp³-hybridized carbons (Fsp3) is 0.524. The van der Waals surface area contributed by atoms with Crippen LogP contribution < -0.4 is 5.32 Å². The number of nitrogens with zero attached hydrogens (tertiary/aromatic N) is 2. The number of rotatable bonds is 3. The van der Waals surface area contributed by atoms with E-state index in [4.69, 9.17) is 4.74 Å². The maximum atomic E-state index is 13.0. The zero-order valence-corrected chi connectivity index (χ0v) is 15.1. The van der Waals surface area contributed by atoms with Gasteiger partial charge in [0.15, 0.2) is 0 Å². The number of aryl methyl sites for hydroxylation is 1. The summed E-state index contributed by atoms with van der Waals surface area (Å²) in [6.07, 6.45) is 4.02. The number of fused-ring (bicyclic) bond motifs is 2. The van der Waals surface area contributed by atoms with Crippen molar-refractivity contribution in [3.8, 4) is 0 Å². The minimum absolute atomic E-state index is 0.0104. The molecule has 1 aromatic carbocycles. The molecule has 3 aliphatic rings. The van der Waals surface area contributed by atoms with Crippen molar-refractivity contribution in [2.75, 3.05) is 19.7 Å². The number of amides is 1. The molecule has 5 nitrogen and oxygen atoms in total. The Labute approximate surface area is 153 Å². The molecule has 5 heteroatoms. The molecule has 0 bridgehead atoms. The summed E-state index contributed by atoms with van der Waals surface area (Å²) in [6, 6.07) is 10.4. The number of nitrogens with one attached hydrogen (secondary N) is 1. The third kappa shape index (κ3) is 2.99. The fourth-order valence-corrected chi connectivity index (χ4v) is 4.52. The highest BCUT2D eigenvalue weighted by molar-refractivity contribution is 6.06. The van der Waals surface area contributed by atoms with Gasteiger partial charge in [-0.05, 0) is 44.2 Å². The largest absolute Gasteiger partial charge is 0.375 e. The number of hydrogen-bond acceptors (Lipinski definition) is 4. The van der Waals surface area contributed by atoms with Crippen molar-refractivity contribution in [2.45, 2.75) is 44.4 Å². The molecule has 5 rings (SSSR count). The van der Waals surface area contributed by atoms with E-state index in [9.17, 15) is 4.79 Å². The minimum atomic E-state index is 0.0104. The maximum Gasteiger partial charge on any atom is 0.252 e. The van der Waals surface area contributed by atoms with Crippen molar-refractivity contribution in [3.05, 3.63) is 41.6 Å². The Morgan fingerprint density at radius 3 is 2.96 bits per heavy atom. The average Bonchev–Trinajstić information content (AvgIpc) is 3.41. The van der Waals surface area contributed by atoms with Crippen LogP contribution in [0.5, 0.6) is 0 Å². The van der Waals surface area contributed by atoms with Gasteiger partial charge in [-0.3, -0.25) is 14.7 Å². The fourth-order valence-electron chi connectivity index (χ4n) is 4.52. The van der Waals surface area contributed by atoms with Crippen molar-refractivity contribution in [1.82, 2.24) is 15.2 Å². The number of morpholine rings is 1. The molecule has 0 spiro atoms. The van der Waals surface area contributed by atoms with Crippen molar-refractivity contribution in [2.24, 2.45) is 5.92 Å². The number of benzene rings is 1. The third-order valence-electron chi connectivity index (χ3n) is 6.02. The number of carbonyl (C=O) groups excluding carboxylic acids is 1. The minimum Gasteiger partial charge on any atom is -0.375 e. The first-order valence-electron chi connectivity index (χ1n) is 9.70. The highest BCUT2D eigenvalue weighted by Crippen LogP contribution is 2.37. The molecule has 26 heavy (non-hydrogen) atoms. The van der Waals surface area contributed by atoms with E-state index in [0.29, 0.717) is 12.1 Å². The van der Waals surface area contributed by atoms with Crippen molar-refractivity contribution < 1.29 is 9.53 Å². The molecule has 3 heterocycles. The highest BCUT2D eigenvalue weighted by atomic mass is 16.5. The summed E-state index contributed by atoms with van der Waals surface area (Å²) in [5, 5.41) is 4.19. The maximum absolute atomic E-state index is 13.0. The van der Waals surface area contributed by atoms with Gasteiger partial charge in [-0.2, -0.15) is 0 Å². The Bertz CT molecular complexity index is 848. The van der Waals surface area contributed by atoms with Gasteiger partial charge in [0.05, 0.1) is 23.8 Å². The van der Waals surface area contributed by atoms with Crippen LogP contribution >= 0.6 is 0 Å². The van der Waals surface area contributed by atoms with E-state index in [1.165, 1.54) is 12.8 Å². The SMILES string of the molecule is Cc1cc(C(=O)N[C@H]2C[C@H]3CO[C@@H](C4CC4)CN3C2)c2ccccc2n1.